The van der Waals surface area contributed by atoms with Gasteiger partial charge >= 0.3 is 0 Å². The van der Waals surface area contributed by atoms with E-state index in [-0.39, 0.29) is 24.7 Å². The highest BCUT2D eigenvalue weighted by atomic mass is 32.2. The third kappa shape index (κ3) is 6.54. The average molecular weight is 573 g/mol. The largest absolute Gasteiger partial charge is 0.497 e. The van der Waals surface area contributed by atoms with Crippen LogP contribution in [0.15, 0.2) is 114 Å². The highest BCUT2D eigenvalue weighted by Gasteiger charge is 2.74. The molecular formula is C34H36O6S. The Kier molecular flexibility index (Phi) is 9.20. The molecule has 0 aliphatic heterocycles. The maximum absolute atomic E-state index is 14.4. The Hall–Kier alpha value is -3.49. The van der Waals surface area contributed by atoms with E-state index in [4.69, 9.17) is 18.9 Å². The fourth-order valence-electron chi connectivity index (χ4n) is 5.19. The highest BCUT2D eigenvalue weighted by Crippen LogP contribution is 2.55. The Morgan fingerprint density at radius 2 is 1.24 bits per heavy atom. The lowest BCUT2D eigenvalue weighted by molar-refractivity contribution is 0.0564. The molecule has 3 atom stereocenters. The van der Waals surface area contributed by atoms with Gasteiger partial charge in [0.15, 0.2) is 9.84 Å². The first-order valence-corrected chi connectivity index (χ1v) is 15.2. The van der Waals surface area contributed by atoms with Crippen LogP contribution in [0.25, 0.3) is 0 Å². The number of benzene rings is 4. The molecule has 0 heterocycles. The van der Waals surface area contributed by atoms with Gasteiger partial charge in [0.05, 0.1) is 51.1 Å². The van der Waals surface area contributed by atoms with Crippen molar-refractivity contribution in [3.05, 3.63) is 131 Å². The number of ether oxygens (including phenoxy) is 4. The van der Waals surface area contributed by atoms with Crippen LogP contribution in [-0.4, -0.2) is 39.6 Å². The predicted octanol–water partition coefficient (Wildman–Crippen LogP) is 6.16. The molecule has 1 fully saturated rings. The number of rotatable bonds is 14. The van der Waals surface area contributed by atoms with Crippen molar-refractivity contribution in [2.24, 2.45) is 5.92 Å². The minimum atomic E-state index is -3.86. The van der Waals surface area contributed by atoms with Crippen LogP contribution in [0, 0.1) is 12.8 Å². The molecule has 0 amide bonds. The monoisotopic (exact) mass is 572 g/mol. The summed E-state index contributed by atoms with van der Waals surface area (Å²) in [4.78, 5) is 0.259. The molecule has 214 valence electrons. The van der Waals surface area contributed by atoms with Gasteiger partial charge in [0.25, 0.3) is 0 Å². The molecule has 0 spiro atoms. The molecule has 0 bridgehead atoms. The maximum Gasteiger partial charge on any atom is 0.189 e. The van der Waals surface area contributed by atoms with E-state index >= 15 is 0 Å². The summed E-state index contributed by atoms with van der Waals surface area (Å²) in [5, 5.41) is 0. The summed E-state index contributed by atoms with van der Waals surface area (Å²) in [6, 6.07) is 34.2. The standard InChI is InChI=1S/C34H36O6S/c1-26-13-19-31(20-14-26)41(35,36)34(25-39-22-29-15-17-30(37-2)18-16-29)32(24-38-21-27-9-5-3-6-10-27)33(34)40-23-28-11-7-4-8-12-28/h3-20,32-33H,21-25H2,1-2H3/t32-,33+,34+/m0/s1. The smallest absolute Gasteiger partial charge is 0.189 e. The van der Waals surface area contributed by atoms with E-state index in [9.17, 15) is 8.42 Å². The summed E-state index contributed by atoms with van der Waals surface area (Å²) in [7, 11) is -2.24. The molecule has 4 aromatic rings. The van der Waals surface area contributed by atoms with Crippen LogP contribution in [0.1, 0.15) is 22.3 Å². The van der Waals surface area contributed by atoms with Crippen LogP contribution >= 0.6 is 0 Å². The maximum atomic E-state index is 14.4. The first kappa shape index (κ1) is 29.0. The Balaban J connectivity index is 1.41. The Morgan fingerprint density at radius 3 is 1.85 bits per heavy atom. The fraction of sp³-hybridized carbons (Fsp3) is 0.294. The molecule has 41 heavy (non-hydrogen) atoms. The zero-order chi connectivity index (χ0) is 28.7. The molecule has 1 aliphatic carbocycles. The van der Waals surface area contributed by atoms with Gasteiger partial charge in [0.2, 0.25) is 0 Å². The zero-order valence-electron chi connectivity index (χ0n) is 23.4. The molecule has 5 rings (SSSR count). The Morgan fingerprint density at radius 1 is 0.683 bits per heavy atom. The molecule has 0 N–H and O–H groups in total. The van der Waals surface area contributed by atoms with Crippen LogP contribution < -0.4 is 4.74 Å². The minimum Gasteiger partial charge on any atom is -0.497 e. The van der Waals surface area contributed by atoms with Crippen LogP contribution in [-0.2, 0) is 43.9 Å². The van der Waals surface area contributed by atoms with E-state index in [2.05, 4.69) is 0 Å². The molecule has 0 saturated heterocycles. The third-order valence-corrected chi connectivity index (χ3v) is 10.2. The lowest BCUT2D eigenvalue weighted by atomic mass is 10.2. The molecule has 0 unspecified atom stereocenters. The number of aryl methyl sites for hydroxylation is 1. The highest BCUT2D eigenvalue weighted by molar-refractivity contribution is 7.93. The number of hydrogen-bond donors (Lipinski definition) is 0. The van der Waals surface area contributed by atoms with E-state index in [0.29, 0.717) is 13.2 Å². The van der Waals surface area contributed by atoms with Gasteiger partial charge in [0.1, 0.15) is 10.5 Å². The van der Waals surface area contributed by atoms with E-state index in [1.165, 1.54) is 0 Å². The van der Waals surface area contributed by atoms with Crippen LogP contribution in [0.4, 0.5) is 0 Å². The second kappa shape index (κ2) is 13.0. The first-order chi connectivity index (χ1) is 19.9. The van der Waals surface area contributed by atoms with Gasteiger partial charge in [-0.15, -0.1) is 0 Å². The van der Waals surface area contributed by atoms with E-state index in [0.717, 1.165) is 28.0 Å². The molecule has 7 heteroatoms. The normalized spacial score (nSPS) is 20.0. The summed E-state index contributed by atoms with van der Waals surface area (Å²) in [5.74, 6) is 0.344. The molecule has 0 aromatic heterocycles. The summed E-state index contributed by atoms with van der Waals surface area (Å²) in [5.41, 5.74) is 3.92. The SMILES string of the molecule is COc1ccc(COC[C@]2(S(=O)(=O)c3ccc(C)cc3)[C@H](OCc3ccccc3)[C@@H]2COCc2ccccc2)cc1. The molecule has 0 radical (unpaired) electrons. The van der Waals surface area contributed by atoms with Gasteiger partial charge in [-0.2, -0.15) is 0 Å². The average Bonchev–Trinajstić information content (AvgIpc) is 3.64. The van der Waals surface area contributed by atoms with Gasteiger partial charge in [0, 0.05) is 5.92 Å². The van der Waals surface area contributed by atoms with Crippen LogP contribution in [0.5, 0.6) is 5.75 Å². The summed E-state index contributed by atoms with van der Waals surface area (Å²) >= 11 is 0. The summed E-state index contributed by atoms with van der Waals surface area (Å²) < 4.78 is 51.4. The van der Waals surface area contributed by atoms with Crippen LogP contribution in [0.2, 0.25) is 0 Å². The second-order valence-electron chi connectivity index (χ2n) is 10.4. The molecular weight excluding hydrogens is 536 g/mol. The number of sulfone groups is 1. The summed E-state index contributed by atoms with van der Waals surface area (Å²) in [6.45, 7) is 3.09. The quantitative estimate of drug-likeness (QED) is 0.180. The van der Waals surface area contributed by atoms with Crippen molar-refractivity contribution in [3.8, 4) is 5.75 Å². The molecule has 6 nitrogen and oxygen atoms in total. The first-order valence-electron chi connectivity index (χ1n) is 13.7. The van der Waals surface area contributed by atoms with Crippen molar-refractivity contribution in [3.63, 3.8) is 0 Å². The van der Waals surface area contributed by atoms with Crippen LogP contribution in [0.3, 0.4) is 0 Å². The van der Waals surface area contributed by atoms with Crippen molar-refractivity contribution in [2.45, 2.75) is 42.5 Å². The second-order valence-corrected chi connectivity index (χ2v) is 12.7. The summed E-state index contributed by atoms with van der Waals surface area (Å²) in [6.07, 6.45) is -0.597. The van der Waals surface area contributed by atoms with Crippen molar-refractivity contribution in [2.75, 3.05) is 20.3 Å². The molecule has 1 aliphatic rings. The lowest BCUT2D eigenvalue weighted by Crippen LogP contribution is -2.35. The minimum absolute atomic E-state index is 0.0198. The van der Waals surface area contributed by atoms with Crippen molar-refractivity contribution in [1.82, 2.24) is 0 Å². The van der Waals surface area contributed by atoms with Gasteiger partial charge in [-0.1, -0.05) is 90.5 Å². The van der Waals surface area contributed by atoms with Gasteiger partial charge in [-0.3, -0.25) is 0 Å². The van der Waals surface area contributed by atoms with Gasteiger partial charge < -0.3 is 18.9 Å². The fourth-order valence-corrected chi connectivity index (χ4v) is 7.42. The lowest BCUT2D eigenvalue weighted by Gasteiger charge is -2.20. The topological polar surface area (TPSA) is 71.1 Å². The van der Waals surface area contributed by atoms with Crippen molar-refractivity contribution in [1.29, 1.82) is 0 Å². The molecule has 4 aromatic carbocycles. The van der Waals surface area contributed by atoms with Crippen molar-refractivity contribution >= 4 is 9.84 Å². The Labute approximate surface area is 242 Å². The van der Waals surface area contributed by atoms with E-state index in [1.54, 1.807) is 19.2 Å². The predicted molar refractivity (Wildman–Crippen MR) is 158 cm³/mol. The Bertz CT molecular complexity index is 1490. The number of methoxy groups -OCH3 is 1. The number of hydrogen-bond acceptors (Lipinski definition) is 6. The van der Waals surface area contributed by atoms with Gasteiger partial charge in [-0.25, -0.2) is 8.42 Å². The van der Waals surface area contributed by atoms with E-state index < -0.39 is 26.6 Å². The van der Waals surface area contributed by atoms with Gasteiger partial charge in [-0.05, 0) is 47.9 Å². The third-order valence-electron chi connectivity index (χ3n) is 7.63. The van der Waals surface area contributed by atoms with Crippen molar-refractivity contribution < 1.29 is 27.4 Å². The molecule has 1 saturated carbocycles. The van der Waals surface area contributed by atoms with E-state index in [1.807, 2.05) is 104 Å². The zero-order valence-corrected chi connectivity index (χ0v) is 24.3.